The number of amides is 1. The molecule has 1 N–H and O–H groups in total. The van der Waals surface area contributed by atoms with Gasteiger partial charge in [0.05, 0.1) is 36.1 Å². The lowest BCUT2D eigenvalue weighted by Gasteiger charge is -2.29. The summed E-state index contributed by atoms with van der Waals surface area (Å²) in [5.41, 5.74) is 1.30. The number of aromatic nitrogens is 2. The Kier molecular flexibility index (Phi) is 6.80. The molecule has 4 rings (SSSR count). The predicted molar refractivity (Wildman–Crippen MR) is 119 cm³/mol. The second-order valence-electron chi connectivity index (χ2n) is 8.27. The maximum atomic E-state index is 13.6. The molecule has 1 unspecified atom stereocenters. The number of nitrogens with zero attached hydrogens (tertiary/aromatic N) is 4. The van der Waals surface area contributed by atoms with Crippen LogP contribution in [0, 0.1) is 19.7 Å². The largest absolute Gasteiger partial charge is 0.507 e. The first-order valence-electron chi connectivity index (χ1n) is 11.0. The molecular formula is C24H27FN4O4. The number of halogens is 1. The number of aliphatic hydroxyl groups is 1. The fourth-order valence-corrected chi connectivity index (χ4v) is 4.35. The molecule has 1 aromatic heterocycles. The highest BCUT2D eigenvalue weighted by molar-refractivity contribution is 6.46. The summed E-state index contributed by atoms with van der Waals surface area (Å²) in [7, 11) is 0. The third-order valence-electron chi connectivity index (χ3n) is 6.06. The minimum atomic E-state index is -0.823. The van der Waals surface area contributed by atoms with Crippen LogP contribution in [0.2, 0.25) is 0 Å². The highest BCUT2D eigenvalue weighted by Gasteiger charge is 2.46. The molecule has 1 atom stereocenters. The standard InChI is InChI=1S/C24H27FN4O4/c1-15-19(14-26-16(2)27-15)22(30)20-21(17-4-6-18(25)7-5-17)29(24(32)23(20)31)9-3-8-28-10-12-33-13-11-28/h4-7,14,21,30H,3,8-13H2,1-2H3. The van der Waals surface area contributed by atoms with Gasteiger partial charge in [-0.25, -0.2) is 14.4 Å². The Labute approximate surface area is 191 Å². The summed E-state index contributed by atoms with van der Waals surface area (Å²) in [5, 5.41) is 11.1. The Hall–Kier alpha value is -3.17. The molecule has 1 aromatic carbocycles. The van der Waals surface area contributed by atoms with Gasteiger partial charge in [-0.1, -0.05) is 12.1 Å². The van der Waals surface area contributed by atoms with Crippen molar-refractivity contribution in [2.45, 2.75) is 26.3 Å². The molecule has 2 aromatic rings. The quantitative estimate of drug-likeness (QED) is 0.407. The first-order chi connectivity index (χ1) is 15.9. The highest BCUT2D eigenvalue weighted by atomic mass is 19.1. The molecule has 2 fully saturated rings. The van der Waals surface area contributed by atoms with Gasteiger partial charge >= 0.3 is 0 Å². The summed E-state index contributed by atoms with van der Waals surface area (Å²) < 4.78 is 19.0. The molecule has 33 heavy (non-hydrogen) atoms. The molecule has 3 heterocycles. The predicted octanol–water partition coefficient (Wildman–Crippen LogP) is 2.38. The van der Waals surface area contributed by atoms with Crippen LogP contribution in [0.25, 0.3) is 5.76 Å². The Morgan fingerprint density at radius 3 is 2.52 bits per heavy atom. The van der Waals surface area contributed by atoms with E-state index in [2.05, 4.69) is 14.9 Å². The number of likely N-dealkylation sites (tertiary alicyclic amines) is 1. The highest BCUT2D eigenvalue weighted by Crippen LogP contribution is 2.39. The van der Waals surface area contributed by atoms with Gasteiger partial charge in [-0.3, -0.25) is 14.5 Å². The first-order valence-corrected chi connectivity index (χ1v) is 11.0. The van der Waals surface area contributed by atoms with E-state index in [1.807, 2.05) is 0 Å². The molecule has 9 heteroatoms. The van der Waals surface area contributed by atoms with Crippen LogP contribution < -0.4 is 0 Å². The van der Waals surface area contributed by atoms with Crippen LogP contribution in [0.5, 0.6) is 0 Å². The molecule has 2 saturated heterocycles. The van der Waals surface area contributed by atoms with E-state index in [0.717, 1.165) is 19.6 Å². The summed E-state index contributed by atoms with van der Waals surface area (Å²) in [5.74, 6) is -1.67. The summed E-state index contributed by atoms with van der Waals surface area (Å²) in [6.07, 6.45) is 2.10. The van der Waals surface area contributed by atoms with Gasteiger partial charge in [0.1, 0.15) is 17.4 Å². The van der Waals surface area contributed by atoms with Crippen LogP contribution in [0.1, 0.15) is 35.1 Å². The average molecular weight is 455 g/mol. The number of hydrogen-bond acceptors (Lipinski definition) is 7. The third kappa shape index (κ3) is 4.79. The Balaban J connectivity index is 1.69. The van der Waals surface area contributed by atoms with Crippen molar-refractivity contribution in [2.24, 2.45) is 0 Å². The maximum absolute atomic E-state index is 13.6. The fraction of sp³-hybridized carbons (Fsp3) is 0.417. The van der Waals surface area contributed by atoms with Gasteiger partial charge in [0.2, 0.25) is 0 Å². The summed E-state index contributed by atoms with van der Waals surface area (Å²) >= 11 is 0. The molecule has 2 aliphatic heterocycles. The number of ether oxygens (including phenoxy) is 1. The van der Waals surface area contributed by atoms with Crippen LogP contribution in [-0.2, 0) is 14.3 Å². The van der Waals surface area contributed by atoms with E-state index in [0.29, 0.717) is 48.8 Å². The lowest BCUT2D eigenvalue weighted by Crippen LogP contribution is -2.38. The molecule has 8 nitrogen and oxygen atoms in total. The number of hydrogen-bond donors (Lipinski definition) is 1. The van der Waals surface area contributed by atoms with Crippen molar-refractivity contribution in [1.82, 2.24) is 19.8 Å². The van der Waals surface area contributed by atoms with Gasteiger partial charge in [0.15, 0.2) is 0 Å². The zero-order chi connectivity index (χ0) is 23.5. The number of morpholine rings is 1. The number of Topliss-reactive ketones (excluding diaryl/α,β-unsaturated/α-hetero) is 1. The lowest BCUT2D eigenvalue weighted by molar-refractivity contribution is -0.140. The Bertz CT molecular complexity index is 1080. The van der Waals surface area contributed by atoms with E-state index >= 15 is 0 Å². The first kappa shape index (κ1) is 23.0. The van der Waals surface area contributed by atoms with E-state index in [4.69, 9.17) is 4.74 Å². The SMILES string of the molecule is Cc1ncc(C(O)=C2C(=O)C(=O)N(CCCN3CCOCC3)C2c2ccc(F)cc2)c(C)n1. The number of aliphatic hydroxyl groups excluding tert-OH is 1. The molecule has 0 bridgehead atoms. The second kappa shape index (κ2) is 9.76. The van der Waals surface area contributed by atoms with E-state index in [1.165, 1.54) is 35.4 Å². The molecule has 1 amide bonds. The molecule has 2 aliphatic rings. The van der Waals surface area contributed by atoms with Crippen LogP contribution in [0.15, 0.2) is 36.0 Å². The Morgan fingerprint density at radius 1 is 1.15 bits per heavy atom. The van der Waals surface area contributed by atoms with Crippen molar-refractivity contribution >= 4 is 17.4 Å². The topological polar surface area (TPSA) is 95.9 Å². The number of carbonyl (C=O) groups excluding carboxylic acids is 2. The normalized spacial score (nSPS) is 21.1. The van der Waals surface area contributed by atoms with Crippen molar-refractivity contribution in [2.75, 3.05) is 39.4 Å². The zero-order valence-corrected chi connectivity index (χ0v) is 18.8. The number of ketones is 1. The van der Waals surface area contributed by atoms with E-state index in [1.54, 1.807) is 13.8 Å². The smallest absolute Gasteiger partial charge is 0.295 e. The second-order valence-corrected chi connectivity index (χ2v) is 8.27. The zero-order valence-electron chi connectivity index (χ0n) is 18.8. The molecule has 174 valence electrons. The van der Waals surface area contributed by atoms with Gasteiger partial charge in [0.25, 0.3) is 11.7 Å². The maximum Gasteiger partial charge on any atom is 0.295 e. The molecule has 0 radical (unpaired) electrons. The number of aryl methyl sites for hydroxylation is 2. The minimum Gasteiger partial charge on any atom is -0.507 e. The molecular weight excluding hydrogens is 427 g/mol. The van der Waals surface area contributed by atoms with E-state index < -0.39 is 23.5 Å². The number of carbonyl (C=O) groups is 2. The van der Waals surface area contributed by atoms with Crippen molar-refractivity contribution in [1.29, 1.82) is 0 Å². The van der Waals surface area contributed by atoms with Crippen LogP contribution in [0.3, 0.4) is 0 Å². The van der Waals surface area contributed by atoms with Crippen molar-refractivity contribution in [3.05, 3.63) is 64.5 Å². The van der Waals surface area contributed by atoms with Crippen LogP contribution in [0.4, 0.5) is 4.39 Å². The third-order valence-corrected chi connectivity index (χ3v) is 6.06. The van der Waals surface area contributed by atoms with Gasteiger partial charge in [-0.2, -0.15) is 0 Å². The van der Waals surface area contributed by atoms with Gasteiger partial charge in [-0.05, 0) is 38.0 Å². The summed E-state index contributed by atoms with van der Waals surface area (Å²) in [6.45, 7) is 7.52. The average Bonchev–Trinajstić information content (AvgIpc) is 3.05. The van der Waals surface area contributed by atoms with Gasteiger partial charge in [0, 0.05) is 32.4 Å². The van der Waals surface area contributed by atoms with Crippen LogP contribution >= 0.6 is 0 Å². The van der Waals surface area contributed by atoms with Crippen LogP contribution in [-0.4, -0.2) is 76.0 Å². The lowest BCUT2D eigenvalue weighted by atomic mass is 9.95. The van der Waals surface area contributed by atoms with Gasteiger partial charge in [-0.15, -0.1) is 0 Å². The van der Waals surface area contributed by atoms with Crippen molar-refractivity contribution in [3.8, 4) is 0 Å². The summed E-state index contributed by atoms with van der Waals surface area (Å²) in [6, 6.07) is 4.81. The fourth-order valence-electron chi connectivity index (χ4n) is 4.35. The number of rotatable bonds is 6. The minimum absolute atomic E-state index is 0.0338. The molecule has 0 saturated carbocycles. The number of benzene rings is 1. The van der Waals surface area contributed by atoms with Crippen molar-refractivity contribution < 1.29 is 23.8 Å². The summed E-state index contributed by atoms with van der Waals surface area (Å²) in [4.78, 5) is 38.2. The van der Waals surface area contributed by atoms with E-state index in [-0.39, 0.29) is 11.3 Å². The monoisotopic (exact) mass is 454 g/mol. The van der Waals surface area contributed by atoms with Gasteiger partial charge < -0.3 is 14.7 Å². The Morgan fingerprint density at radius 2 is 1.85 bits per heavy atom. The van der Waals surface area contributed by atoms with Crippen molar-refractivity contribution in [3.63, 3.8) is 0 Å². The molecule has 0 aliphatic carbocycles. The molecule has 0 spiro atoms. The van der Waals surface area contributed by atoms with E-state index in [9.17, 15) is 19.1 Å².